The van der Waals surface area contributed by atoms with Gasteiger partial charge in [-0.1, -0.05) is 6.07 Å². The van der Waals surface area contributed by atoms with E-state index in [1.54, 1.807) is 24.5 Å². The fraction of sp³-hybridized carbons (Fsp3) is 0.368. The normalized spacial score (nSPS) is 16.7. The number of nitrogens with one attached hydrogen (secondary N) is 2. The predicted octanol–water partition coefficient (Wildman–Crippen LogP) is 3.31. The first-order valence-corrected chi connectivity index (χ1v) is 8.90. The molecule has 1 aliphatic rings. The number of carbonyl (C=O) groups is 1. The van der Waals surface area contributed by atoms with Gasteiger partial charge >= 0.3 is 12.4 Å². The Hall–Kier alpha value is -2.97. The van der Waals surface area contributed by atoms with E-state index in [-0.39, 0.29) is 17.7 Å². The number of alkyl halides is 3. The van der Waals surface area contributed by atoms with Gasteiger partial charge in [0, 0.05) is 44.3 Å². The van der Waals surface area contributed by atoms with Crippen LogP contribution < -0.4 is 20.3 Å². The number of urea groups is 1. The predicted molar refractivity (Wildman–Crippen MR) is 97.9 cm³/mol. The standard InChI is InChI=1S/C19H21F3N4O2/c20-19(21,22)28-17-5-3-16(4-6-17)26-9-7-15(13-26)12-25-18(27)24-11-14-2-1-8-23-10-14/h1-6,8,10,15H,7,9,11-13H2,(H2,24,25,27). The Morgan fingerprint density at radius 1 is 1.21 bits per heavy atom. The maximum atomic E-state index is 12.2. The number of hydrogen-bond donors (Lipinski definition) is 2. The third-order valence-electron chi connectivity index (χ3n) is 4.45. The molecule has 9 heteroatoms. The number of hydrogen-bond acceptors (Lipinski definition) is 4. The molecular formula is C19H21F3N4O2. The van der Waals surface area contributed by atoms with Gasteiger partial charge in [0.1, 0.15) is 5.75 Å². The van der Waals surface area contributed by atoms with Crippen LogP contribution in [0.15, 0.2) is 48.8 Å². The average molecular weight is 394 g/mol. The molecule has 0 saturated carbocycles. The summed E-state index contributed by atoms with van der Waals surface area (Å²) >= 11 is 0. The van der Waals surface area contributed by atoms with Crippen molar-refractivity contribution in [3.63, 3.8) is 0 Å². The van der Waals surface area contributed by atoms with Crippen LogP contribution in [0.4, 0.5) is 23.7 Å². The molecule has 150 valence electrons. The second kappa shape index (κ2) is 8.81. The van der Waals surface area contributed by atoms with E-state index in [9.17, 15) is 18.0 Å². The molecule has 0 aliphatic carbocycles. The molecular weight excluding hydrogens is 373 g/mol. The molecule has 2 amide bonds. The van der Waals surface area contributed by atoms with Gasteiger partial charge in [0.25, 0.3) is 0 Å². The van der Waals surface area contributed by atoms with Gasteiger partial charge in [0.15, 0.2) is 0 Å². The molecule has 1 aromatic carbocycles. The first kappa shape index (κ1) is 19.8. The van der Waals surface area contributed by atoms with Crippen LogP contribution in [0.25, 0.3) is 0 Å². The number of rotatable bonds is 6. The van der Waals surface area contributed by atoms with Crippen molar-refractivity contribution in [2.45, 2.75) is 19.3 Å². The van der Waals surface area contributed by atoms with Gasteiger partial charge in [0.05, 0.1) is 0 Å². The van der Waals surface area contributed by atoms with E-state index < -0.39 is 6.36 Å². The number of carbonyl (C=O) groups excluding carboxylic acids is 1. The van der Waals surface area contributed by atoms with E-state index in [1.165, 1.54) is 12.1 Å². The summed E-state index contributed by atoms with van der Waals surface area (Å²) < 4.78 is 40.5. The number of nitrogens with zero attached hydrogens (tertiary/aromatic N) is 2. The lowest BCUT2D eigenvalue weighted by molar-refractivity contribution is -0.274. The molecule has 0 bridgehead atoms. The third-order valence-corrected chi connectivity index (χ3v) is 4.45. The van der Waals surface area contributed by atoms with Crippen molar-refractivity contribution in [2.75, 3.05) is 24.5 Å². The first-order chi connectivity index (χ1) is 13.4. The molecule has 28 heavy (non-hydrogen) atoms. The second-order valence-electron chi connectivity index (χ2n) is 6.57. The highest BCUT2D eigenvalue weighted by Crippen LogP contribution is 2.28. The lowest BCUT2D eigenvalue weighted by atomic mass is 10.1. The summed E-state index contributed by atoms with van der Waals surface area (Å²) in [7, 11) is 0. The van der Waals surface area contributed by atoms with Gasteiger partial charge in [0.2, 0.25) is 0 Å². The van der Waals surface area contributed by atoms with E-state index in [0.29, 0.717) is 13.1 Å². The van der Waals surface area contributed by atoms with Crippen molar-refractivity contribution in [2.24, 2.45) is 5.92 Å². The maximum Gasteiger partial charge on any atom is 0.573 e. The molecule has 3 rings (SSSR count). The number of benzene rings is 1. The SMILES string of the molecule is O=C(NCc1cccnc1)NCC1CCN(c2ccc(OC(F)(F)F)cc2)C1. The van der Waals surface area contributed by atoms with Crippen molar-refractivity contribution >= 4 is 11.7 Å². The number of anilines is 1. The highest BCUT2D eigenvalue weighted by molar-refractivity contribution is 5.73. The van der Waals surface area contributed by atoms with Crippen LogP contribution >= 0.6 is 0 Å². The number of ether oxygens (including phenoxy) is 1. The van der Waals surface area contributed by atoms with Gasteiger partial charge in [-0.05, 0) is 48.2 Å². The maximum absolute atomic E-state index is 12.2. The van der Waals surface area contributed by atoms with E-state index in [4.69, 9.17) is 0 Å². The van der Waals surface area contributed by atoms with Gasteiger partial charge < -0.3 is 20.3 Å². The Kier molecular flexibility index (Phi) is 6.23. The Morgan fingerprint density at radius 2 is 2.00 bits per heavy atom. The molecule has 1 fully saturated rings. The first-order valence-electron chi connectivity index (χ1n) is 8.90. The summed E-state index contributed by atoms with van der Waals surface area (Å²) in [6.07, 6.45) is -0.431. The molecule has 1 atom stereocenters. The van der Waals surface area contributed by atoms with E-state index in [1.807, 2.05) is 12.1 Å². The van der Waals surface area contributed by atoms with Crippen molar-refractivity contribution in [3.8, 4) is 5.75 Å². The van der Waals surface area contributed by atoms with E-state index >= 15 is 0 Å². The van der Waals surface area contributed by atoms with Gasteiger partial charge in [-0.25, -0.2) is 4.79 Å². The van der Waals surface area contributed by atoms with Crippen LogP contribution in [-0.4, -0.2) is 37.0 Å². The van der Waals surface area contributed by atoms with Crippen LogP contribution in [0.2, 0.25) is 0 Å². The lowest BCUT2D eigenvalue weighted by Gasteiger charge is -2.19. The zero-order valence-corrected chi connectivity index (χ0v) is 15.1. The Morgan fingerprint density at radius 3 is 2.68 bits per heavy atom. The van der Waals surface area contributed by atoms with Crippen LogP contribution in [0.3, 0.4) is 0 Å². The molecule has 6 nitrogen and oxygen atoms in total. The zero-order valence-electron chi connectivity index (χ0n) is 15.1. The number of amides is 2. The monoisotopic (exact) mass is 394 g/mol. The topological polar surface area (TPSA) is 66.5 Å². The minimum absolute atomic E-state index is 0.237. The molecule has 0 radical (unpaired) electrons. The molecule has 2 N–H and O–H groups in total. The molecule has 0 spiro atoms. The molecule has 1 saturated heterocycles. The Labute approximate surface area is 160 Å². The molecule has 2 aromatic rings. The summed E-state index contributed by atoms with van der Waals surface area (Å²) in [5.74, 6) is 0.0363. The highest BCUT2D eigenvalue weighted by atomic mass is 19.4. The molecule has 1 aliphatic heterocycles. The number of halogens is 3. The van der Waals surface area contributed by atoms with Crippen LogP contribution in [-0.2, 0) is 6.54 Å². The summed E-state index contributed by atoms with van der Waals surface area (Å²) in [5.41, 5.74) is 1.75. The lowest BCUT2D eigenvalue weighted by Crippen LogP contribution is -2.38. The molecule has 1 aromatic heterocycles. The van der Waals surface area contributed by atoms with Crippen LogP contribution in [0.1, 0.15) is 12.0 Å². The fourth-order valence-corrected chi connectivity index (χ4v) is 3.08. The average Bonchev–Trinajstić information content (AvgIpc) is 3.14. The van der Waals surface area contributed by atoms with Crippen molar-refractivity contribution in [1.29, 1.82) is 0 Å². The molecule has 1 unspecified atom stereocenters. The number of pyridine rings is 1. The highest BCUT2D eigenvalue weighted by Gasteiger charge is 2.31. The largest absolute Gasteiger partial charge is 0.573 e. The zero-order chi connectivity index (χ0) is 20.0. The summed E-state index contributed by atoms with van der Waals surface area (Å²) in [6.45, 7) is 2.44. The van der Waals surface area contributed by atoms with Gasteiger partial charge in [-0.3, -0.25) is 4.98 Å². The summed E-state index contributed by atoms with van der Waals surface area (Å²) in [5, 5.41) is 5.64. The Balaban J connectivity index is 1.41. The summed E-state index contributed by atoms with van der Waals surface area (Å²) in [6, 6.07) is 9.28. The smallest absolute Gasteiger partial charge is 0.406 e. The van der Waals surface area contributed by atoms with Crippen molar-refractivity contribution in [3.05, 3.63) is 54.4 Å². The van der Waals surface area contributed by atoms with Crippen molar-refractivity contribution in [1.82, 2.24) is 15.6 Å². The van der Waals surface area contributed by atoms with Crippen molar-refractivity contribution < 1.29 is 22.7 Å². The minimum atomic E-state index is -4.69. The Bertz CT molecular complexity index is 769. The third kappa shape index (κ3) is 6.04. The van der Waals surface area contributed by atoms with Gasteiger partial charge in [-0.15, -0.1) is 13.2 Å². The van der Waals surface area contributed by atoms with Crippen LogP contribution in [0, 0.1) is 5.92 Å². The van der Waals surface area contributed by atoms with E-state index in [0.717, 1.165) is 30.8 Å². The second-order valence-corrected chi connectivity index (χ2v) is 6.57. The van der Waals surface area contributed by atoms with E-state index in [2.05, 4.69) is 25.3 Å². The minimum Gasteiger partial charge on any atom is -0.406 e. The molecule has 2 heterocycles. The quantitative estimate of drug-likeness (QED) is 0.789. The summed E-state index contributed by atoms with van der Waals surface area (Å²) in [4.78, 5) is 18.0. The van der Waals surface area contributed by atoms with Crippen LogP contribution in [0.5, 0.6) is 5.75 Å². The number of aromatic nitrogens is 1. The van der Waals surface area contributed by atoms with Gasteiger partial charge in [-0.2, -0.15) is 0 Å². The fourth-order valence-electron chi connectivity index (χ4n) is 3.08.